The van der Waals surface area contributed by atoms with Crippen molar-refractivity contribution in [3.05, 3.63) is 70.2 Å². The van der Waals surface area contributed by atoms with Gasteiger partial charge < -0.3 is 4.74 Å². The minimum Gasteiger partial charge on any atom is -0.465 e. The quantitative estimate of drug-likeness (QED) is 0.757. The fourth-order valence-corrected chi connectivity index (χ4v) is 2.94. The van der Waals surface area contributed by atoms with Crippen molar-refractivity contribution in [3.8, 4) is 0 Å². The van der Waals surface area contributed by atoms with Gasteiger partial charge in [0, 0.05) is 16.5 Å². The fourth-order valence-electron chi connectivity index (χ4n) is 1.81. The van der Waals surface area contributed by atoms with Gasteiger partial charge in [0.2, 0.25) is 0 Å². The SMILES string of the molecule is COC(=O)c1ccccc1CSCc1ccc(Cl)cc1. The highest BCUT2D eigenvalue weighted by Crippen LogP contribution is 2.21. The molecule has 0 fully saturated rings. The van der Waals surface area contributed by atoms with Crippen LogP contribution >= 0.6 is 23.4 Å². The maximum Gasteiger partial charge on any atom is 0.338 e. The number of hydrogen-bond acceptors (Lipinski definition) is 3. The molecule has 0 heterocycles. The van der Waals surface area contributed by atoms with E-state index in [0.717, 1.165) is 22.1 Å². The lowest BCUT2D eigenvalue weighted by Crippen LogP contribution is -2.04. The molecule has 0 unspecified atom stereocenters. The van der Waals surface area contributed by atoms with Gasteiger partial charge in [-0.1, -0.05) is 41.9 Å². The predicted octanol–water partition coefficient (Wildman–Crippen LogP) is 4.56. The van der Waals surface area contributed by atoms with Crippen molar-refractivity contribution < 1.29 is 9.53 Å². The molecule has 2 rings (SSSR count). The first-order valence-electron chi connectivity index (χ1n) is 6.19. The van der Waals surface area contributed by atoms with E-state index in [1.165, 1.54) is 12.7 Å². The lowest BCUT2D eigenvalue weighted by molar-refractivity contribution is 0.0600. The predicted molar refractivity (Wildman–Crippen MR) is 84.2 cm³/mol. The normalized spacial score (nSPS) is 10.3. The second-order valence-electron chi connectivity index (χ2n) is 4.27. The molecule has 0 N–H and O–H groups in total. The fraction of sp³-hybridized carbons (Fsp3) is 0.188. The minimum atomic E-state index is -0.285. The van der Waals surface area contributed by atoms with Crippen LogP contribution in [0.2, 0.25) is 5.02 Å². The standard InChI is InChI=1S/C16H15ClO2S/c1-19-16(18)15-5-3-2-4-13(15)11-20-10-12-6-8-14(17)9-7-12/h2-9H,10-11H2,1H3. The van der Waals surface area contributed by atoms with E-state index in [4.69, 9.17) is 16.3 Å². The molecule has 4 heteroatoms. The lowest BCUT2D eigenvalue weighted by Gasteiger charge is -2.07. The highest BCUT2D eigenvalue weighted by molar-refractivity contribution is 7.97. The van der Waals surface area contributed by atoms with Gasteiger partial charge in [-0.3, -0.25) is 0 Å². The van der Waals surface area contributed by atoms with E-state index >= 15 is 0 Å². The molecule has 0 atom stereocenters. The molecule has 0 aliphatic carbocycles. The summed E-state index contributed by atoms with van der Waals surface area (Å²) in [5, 5.41) is 0.745. The molecule has 0 aliphatic heterocycles. The number of benzene rings is 2. The number of ether oxygens (including phenoxy) is 1. The summed E-state index contributed by atoms with van der Waals surface area (Å²) in [7, 11) is 1.40. The third-order valence-electron chi connectivity index (χ3n) is 2.86. The van der Waals surface area contributed by atoms with E-state index in [9.17, 15) is 4.79 Å². The first-order valence-corrected chi connectivity index (χ1v) is 7.72. The number of methoxy groups -OCH3 is 1. The van der Waals surface area contributed by atoms with E-state index in [-0.39, 0.29) is 5.97 Å². The average molecular weight is 307 g/mol. The molecule has 2 aromatic carbocycles. The number of esters is 1. The Labute approximate surface area is 128 Å². The van der Waals surface area contributed by atoms with Crippen LogP contribution in [-0.4, -0.2) is 13.1 Å². The highest BCUT2D eigenvalue weighted by Gasteiger charge is 2.10. The van der Waals surface area contributed by atoms with Crippen LogP contribution in [0.4, 0.5) is 0 Å². The molecule has 0 saturated carbocycles. The van der Waals surface area contributed by atoms with Crippen LogP contribution < -0.4 is 0 Å². The first-order chi connectivity index (χ1) is 9.70. The summed E-state index contributed by atoms with van der Waals surface area (Å²) in [6, 6.07) is 15.3. The van der Waals surface area contributed by atoms with Crippen molar-refractivity contribution in [1.82, 2.24) is 0 Å². The molecule has 0 saturated heterocycles. The smallest absolute Gasteiger partial charge is 0.338 e. The van der Waals surface area contributed by atoms with Crippen LogP contribution in [0.3, 0.4) is 0 Å². The van der Waals surface area contributed by atoms with Crippen LogP contribution in [0.5, 0.6) is 0 Å². The summed E-state index contributed by atoms with van der Waals surface area (Å²) in [5.74, 6) is 1.37. The first kappa shape index (κ1) is 14.9. The minimum absolute atomic E-state index is 0.285. The van der Waals surface area contributed by atoms with E-state index in [1.54, 1.807) is 17.8 Å². The van der Waals surface area contributed by atoms with Gasteiger partial charge in [-0.15, -0.1) is 0 Å². The Hall–Kier alpha value is -1.45. The van der Waals surface area contributed by atoms with E-state index in [2.05, 4.69) is 0 Å². The van der Waals surface area contributed by atoms with Gasteiger partial charge >= 0.3 is 5.97 Å². The largest absolute Gasteiger partial charge is 0.465 e. The Kier molecular flexibility index (Phi) is 5.50. The summed E-state index contributed by atoms with van der Waals surface area (Å²) < 4.78 is 4.79. The van der Waals surface area contributed by atoms with Crippen molar-refractivity contribution >= 4 is 29.3 Å². The average Bonchev–Trinajstić information content (AvgIpc) is 2.49. The van der Waals surface area contributed by atoms with Crippen LogP contribution in [-0.2, 0) is 16.2 Å². The third kappa shape index (κ3) is 4.02. The summed E-state index contributed by atoms with van der Waals surface area (Å²) in [6.07, 6.45) is 0. The van der Waals surface area contributed by atoms with Crippen molar-refractivity contribution in [2.45, 2.75) is 11.5 Å². The van der Waals surface area contributed by atoms with Crippen molar-refractivity contribution in [1.29, 1.82) is 0 Å². The van der Waals surface area contributed by atoms with E-state index in [1.807, 2.05) is 42.5 Å². The van der Waals surface area contributed by atoms with Crippen LogP contribution in [0.1, 0.15) is 21.5 Å². The zero-order valence-electron chi connectivity index (χ0n) is 11.1. The number of hydrogen-bond donors (Lipinski definition) is 0. The second-order valence-corrected chi connectivity index (χ2v) is 5.69. The Bertz CT molecular complexity index is 581. The molecule has 0 bridgehead atoms. The van der Waals surface area contributed by atoms with Gasteiger partial charge in [0.15, 0.2) is 0 Å². The van der Waals surface area contributed by atoms with Gasteiger partial charge in [0.05, 0.1) is 12.7 Å². The van der Waals surface area contributed by atoms with E-state index < -0.39 is 0 Å². The van der Waals surface area contributed by atoms with Crippen LogP contribution in [0.15, 0.2) is 48.5 Å². The van der Waals surface area contributed by atoms with Crippen molar-refractivity contribution in [2.24, 2.45) is 0 Å². The maximum absolute atomic E-state index is 11.7. The number of halogens is 1. The maximum atomic E-state index is 11.7. The summed E-state index contributed by atoms with van der Waals surface area (Å²) in [6.45, 7) is 0. The zero-order chi connectivity index (χ0) is 14.4. The van der Waals surface area contributed by atoms with Crippen molar-refractivity contribution in [3.63, 3.8) is 0 Å². The van der Waals surface area contributed by atoms with Gasteiger partial charge in [-0.05, 0) is 29.3 Å². The van der Waals surface area contributed by atoms with E-state index in [0.29, 0.717) is 5.56 Å². The second kappa shape index (κ2) is 7.36. The Balaban J connectivity index is 1.97. The Morgan fingerprint density at radius 1 is 1.10 bits per heavy atom. The molecule has 2 aromatic rings. The Morgan fingerprint density at radius 2 is 1.80 bits per heavy atom. The van der Waals surface area contributed by atoms with Gasteiger partial charge in [0.1, 0.15) is 0 Å². The molecule has 104 valence electrons. The highest BCUT2D eigenvalue weighted by atomic mass is 35.5. The molecule has 0 aromatic heterocycles. The molecular weight excluding hydrogens is 292 g/mol. The number of thioether (sulfide) groups is 1. The number of carbonyl (C=O) groups excluding carboxylic acids is 1. The monoisotopic (exact) mass is 306 g/mol. The molecule has 0 aliphatic rings. The number of rotatable bonds is 5. The third-order valence-corrected chi connectivity index (χ3v) is 4.17. The summed E-state index contributed by atoms with van der Waals surface area (Å²) in [4.78, 5) is 11.7. The zero-order valence-corrected chi connectivity index (χ0v) is 12.7. The van der Waals surface area contributed by atoms with Gasteiger partial charge in [0.25, 0.3) is 0 Å². The molecule has 0 spiro atoms. The van der Waals surface area contributed by atoms with Gasteiger partial charge in [-0.2, -0.15) is 11.8 Å². The summed E-state index contributed by atoms with van der Waals surface area (Å²) in [5.41, 5.74) is 2.85. The van der Waals surface area contributed by atoms with Gasteiger partial charge in [-0.25, -0.2) is 4.79 Å². The van der Waals surface area contributed by atoms with Crippen LogP contribution in [0, 0.1) is 0 Å². The molecule has 20 heavy (non-hydrogen) atoms. The van der Waals surface area contributed by atoms with Crippen molar-refractivity contribution in [2.75, 3.05) is 7.11 Å². The summed E-state index contributed by atoms with van der Waals surface area (Å²) >= 11 is 7.61. The topological polar surface area (TPSA) is 26.3 Å². The number of carbonyl (C=O) groups is 1. The Morgan fingerprint density at radius 3 is 2.50 bits per heavy atom. The molecule has 0 radical (unpaired) electrons. The molecule has 2 nitrogen and oxygen atoms in total. The lowest BCUT2D eigenvalue weighted by atomic mass is 10.1. The molecule has 0 amide bonds. The van der Waals surface area contributed by atoms with Crippen LogP contribution in [0.25, 0.3) is 0 Å². The molecular formula is C16H15ClO2S.